The zero-order chi connectivity index (χ0) is 29.6. The number of hydrogen-bond acceptors (Lipinski definition) is 4. The Morgan fingerprint density at radius 1 is 0.568 bits per heavy atom. The monoisotopic (exact) mass is 556 g/mol. The average molecular weight is 556 g/mol. The minimum atomic E-state index is -4.41. The van der Waals surface area contributed by atoms with Gasteiger partial charge in [-0.3, -0.25) is 4.18 Å². The molecule has 0 unspecified atom stereocenters. The Bertz CT molecular complexity index is 486. The molecule has 0 amide bonds. The highest BCUT2D eigenvalue weighted by Crippen LogP contribution is 2.13. The van der Waals surface area contributed by atoms with Crippen LogP contribution < -0.4 is 0 Å². The first-order chi connectivity index (χ1) is 17.1. The maximum atomic E-state index is 9.22. The number of nitrogens with one attached hydrogen (secondary N) is 1. The van der Waals surface area contributed by atoms with Crippen molar-refractivity contribution in [1.82, 2.24) is 0 Å². The number of hydrogen-bond donors (Lipinski definition) is 0. The lowest BCUT2D eigenvalue weighted by molar-refractivity contribution is -0.868. The standard InChI is InChI=1S/C18H38N.2C5H14N.CH4O4S/c1-2-3-4-5-6-7-8-9-10-11-12-13-14-15-16-17-18-19;3*1-5-6(2,3)4/h19H,2-18H2,1H3;2*5H2,1-4H3;1H3,(H,2,3,4)/q-1;2*+1;/p-1. The SMILES string of the molecule is CCCCCCCCCCCCCCCCCC[NH-].CC[N+](C)(C)C.CC[N+](C)(C)C.COS(=O)(=O)[O-]. The van der Waals surface area contributed by atoms with Crippen LogP contribution in [0, 0.1) is 0 Å². The third kappa shape index (κ3) is 66.5. The number of unbranched alkanes of at least 4 members (excludes halogenated alkanes) is 15. The Kier molecular flexibility index (Phi) is 35.9. The van der Waals surface area contributed by atoms with Gasteiger partial charge < -0.3 is 19.3 Å². The van der Waals surface area contributed by atoms with E-state index in [1.807, 2.05) is 0 Å². The molecule has 0 aliphatic heterocycles. The van der Waals surface area contributed by atoms with Gasteiger partial charge in [-0.05, 0) is 13.8 Å². The fraction of sp³-hybridized carbons (Fsp3) is 1.00. The summed E-state index contributed by atoms with van der Waals surface area (Å²) in [7, 11) is 9.48. The van der Waals surface area contributed by atoms with Crippen molar-refractivity contribution in [2.45, 2.75) is 124 Å². The van der Waals surface area contributed by atoms with Crippen LogP contribution in [0.15, 0.2) is 0 Å². The second-order valence-corrected chi connectivity index (χ2v) is 13.0. The summed E-state index contributed by atoms with van der Waals surface area (Å²) in [4.78, 5) is 0. The highest BCUT2D eigenvalue weighted by molar-refractivity contribution is 7.80. The largest absolute Gasteiger partial charge is 0.726 e. The van der Waals surface area contributed by atoms with Gasteiger partial charge in [-0.25, -0.2) is 8.42 Å². The van der Waals surface area contributed by atoms with Gasteiger partial charge in [-0.15, -0.1) is 0 Å². The lowest BCUT2D eigenvalue weighted by Gasteiger charge is -2.20. The first kappa shape index (κ1) is 43.8. The Labute approximate surface area is 234 Å². The molecule has 0 bridgehead atoms. The van der Waals surface area contributed by atoms with E-state index in [-0.39, 0.29) is 0 Å². The van der Waals surface area contributed by atoms with Crippen LogP contribution in [-0.2, 0) is 14.6 Å². The maximum absolute atomic E-state index is 9.22. The molecule has 8 heteroatoms. The minimum Gasteiger partial charge on any atom is -0.726 e. The topological polar surface area (TPSA) is 90.2 Å². The normalized spacial score (nSPS) is 11.5. The van der Waals surface area contributed by atoms with Gasteiger partial charge in [-0.2, -0.15) is 6.54 Å². The average Bonchev–Trinajstić information content (AvgIpc) is 2.81. The van der Waals surface area contributed by atoms with Crippen LogP contribution in [0.25, 0.3) is 5.73 Å². The molecule has 0 spiro atoms. The van der Waals surface area contributed by atoms with Crippen molar-refractivity contribution >= 4 is 10.4 Å². The van der Waals surface area contributed by atoms with Crippen molar-refractivity contribution in [3.63, 3.8) is 0 Å². The van der Waals surface area contributed by atoms with E-state index in [4.69, 9.17) is 5.73 Å². The van der Waals surface area contributed by atoms with E-state index in [9.17, 15) is 13.0 Å². The van der Waals surface area contributed by atoms with E-state index in [1.54, 1.807) is 0 Å². The second kappa shape index (κ2) is 30.3. The van der Waals surface area contributed by atoms with E-state index >= 15 is 0 Å². The fourth-order valence-corrected chi connectivity index (χ4v) is 2.67. The van der Waals surface area contributed by atoms with Crippen LogP contribution in [0.4, 0.5) is 0 Å². The summed E-state index contributed by atoms with van der Waals surface area (Å²) in [5.74, 6) is 0. The van der Waals surface area contributed by atoms with Crippen LogP contribution >= 0.6 is 0 Å². The summed E-state index contributed by atoms with van der Waals surface area (Å²) in [6.07, 6.45) is 22.5. The van der Waals surface area contributed by atoms with Crippen molar-refractivity contribution in [2.24, 2.45) is 0 Å². The van der Waals surface area contributed by atoms with Crippen molar-refractivity contribution in [1.29, 1.82) is 0 Å². The number of rotatable bonds is 19. The molecule has 1 N–H and O–H groups in total. The molecule has 0 aromatic heterocycles. The van der Waals surface area contributed by atoms with Crippen molar-refractivity contribution in [2.75, 3.05) is 69.0 Å². The van der Waals surface area contributed by atoms with Gasteiger partial charge in [0.1, 0.15) is 0 Å². The Hall–Kier alpha value is -0.250. The predicted molar refractivity (Wildman–Crippen MR) is 163 cm³/mol. The highest BCUT2D eigenvalue weighted by Gasteiger charge is 1.98. The number of quaternary nitrogens is 2. The van der Waals surface area contributed by atoms with Crippen molar-refractivity contribution < 1.29 is 26.1 Å². The second-order valence-electron chi connectivity index (χ2n) is 11.8. The summed E-state index contributed by atoms with van der Waals surface area (Å²) < 4.78 is 33.2. The Morgan fingerprint density at radius 2 is 0.757 bits per heavy atom. The van der Waals surface area contributed by atoms with Crippen molar-refractivity contribution in [3.8, 4) is 0 Å². The molecule has 0 aliphatic carbocycles. The summed E-state index contributed by atoms with van der Waals surface area (Å²) in [6.45, 7) is 9.69. The van der Waals surface area contributed by atoms with Crippen molar-refractivity contribution in [3.05, 3.63) is 5.73 Å². The quantitative estimate of drug-likeness (QED) is 0.0703. The molecule has 0 saturated carbocycles. The molecule has 0 atom stereocenters. The van der Waals surface area contributed by atoms with Gasteiger partial charge in [0.2, 0.25) is 10.4 Å². The summed E-state index contributed by atoms with van der Waals surface area (Å²) in [6, 6.07) is 0. The molecule has 0 heterocycles. The van der Waals surface area contributed by atoms with E-state index < -0.39 is 10.4 Å². The van der Waals surface area contributed by atoms with Gasteiger partial charge in [0, 0.05) is 0 Å². The predicted octanol–water partition coefficient (Wildman–Crippen LogP) is 7.82. The van der Waals surface area contributed by atoms with Gasteiger partial charge >= 0.3 is 0 Å². The first-order valence-corrected chi connectivity index (χ1v) is 16.2. The zero-order valence-electron chi connectivity index (χ0n) is 26.9. The van der Waals surface area contributed by atoms with Crippen LogP contribution in [0.1, 0.15) is 124 Å². The molecule has 37 heavy (non-hydrogen) atoms. The fourth-order valence-electron chi connectivity index (χ4n) is 2.67. The first-order valence-electron chi connectivity index (χ1n) is 14.9. The third-order valence-electron chi connectivity index (χ3n) is 6.13. The molecule has 0 aromatic carbocycles. The van der Waals surface area contributed by atoms with Crippen LogP contribution in [0.5, 0.6) is 0 Å². The van der Waals surface area contributed by atoms with Gasteiger partial charge in [0.15, 0.2) is 0 Å². The lowest BCUT2D eigenvalue weighted by Crippen LogP contribution is -2.33. The molecule has 0 radical (unpaired) electrons. The van der Waals surface area contributed by atoms with E-state index in [2.05, 4.69) is 67.2 Å². The van der Waals surface area contributed by atoms with Crippen LogP contribution in [0.3, 0.4) is 0 Å². The Morgan fingerprint density at radius 3 is 0.892 bits per heavy atom. The summed E-state index contributed by atoms with van der Waals surface area (Å²) >= 11 is 0. The van der Waals surface area contributed by atoms with Gasteiger partial charge in [0.05, 0.1) is 62.5 Å². The molecule has 0 aromatic rings. The van der Waals surface area contributed by atoms with Gasteiger partial charge in [-0.1, -0.05) is 110 Å². The molecule has 0 aliphatic rings. The van der Waals surface area contributed by atoms with E-state index in [0.29, 0.717) is 6.54 Å². The van der Waals surface area contributed by atoms with Crippen LogP contribution in [-0.4, -0.2) is 91.0 Å². The number of nitrogens with zero attached hydrogens (tertiary/aromatic N) is 2. The third-order valence-corrected chi connectivity index (χ3v) is 6.54. The maximum Gasteiger partial charge on any atom is 0.217 e. The molecule has 230 valence electrons. The summed E-state index contributed by atoms with van der Waals surface area (Å²) in [5.41, 5.74) is 7.08. The minimum absolute atomic E-state index is 0.623. The molecule has 7 nitrogen and oxygen atoms in total. The molecular weight excluding hydrogens is 486 g/mol. The van der Waals surface area contributed by atoms with E-state index in [1.165, 1.54) is 109 Å². The highest BCUT2D eigenvalue weighted by atomic mass is 32.3. The van der Waals surface area contributed by atoms with Gasteiger partial charge in [0.25, 0.3) is 0 Å². The zero-order valence-corrected chi connectivity index (χ0v) is 27.7. The van der Waals surface area contributed by atoms with E-state index in [0.717, 1.165) is 22.5 Å². The summed E-state index contributed by atoms with van der Waals surface area (Å²) in [5, 5.41) is 0. The molecule has 0 rings (SSSR count). The lowest BCUT2D eigenvalue weighted by atomic mass is 10.0. The Balaban J connectivity index is -0.000000245. The van der Waals surface area contributed by atoms with Crippen LogP contribution in [0.2, 0.25) is 0 Å². The molecule has 0 saturated heterocycles. The smallest absolute Gasteiger partial charge is 0.217 e. The molecular formula is C29H69N3O4S. The molecule has 0 fully saturated rings.